The van der Waals surface area contributed by atoms with Crippen LogP contribution in [0.1, 0.15) is 29.3 Å². The highest BCUT2D eigenvalue weighted by Crippen LogP contribution is 2.29. The number of hydrogen-bond donors (Lipinski definition) is 1. The summed E-state index contributed by atoms with van der Waals surface area (Å²) in [5.41, 5.74) is 1.49. The van der Waals surface area contributed by atoms with E-state index in [1.54, 1.807) is 6.07 Å². The van der Waals surface area contributed by atoms with Crippen molar-refractivity contribution in [2.45, 2.75) is 20.3 Å². The molecule has 1 saturated heterocycles. The van der Waals surface area contributed by atoms with Crippen LogP contribution in [0.25, 0.3) is 0 Å². The summed E-state index contributed by atoms with van der Waals surface area (Å²) in [5.74, 6) is -0.254. The Morgan fingerprint density at radius 2 is 2.09 bits per heavy atom. The fraction of sp³-hybridized carbons (Fsp3) is 0.353. The minimum atomic E-state index is -0.211. The number of thioether (sulfide) groups is 1. The average molecular weight is 332 g/mol. The molecule has 0 aromatic heterocycles. The van der Waals surface area contributed by atoms with Crippen molar-refractivity contribution in [1.29, 1.82) is 0 Å². The van der Waals surface area contributed by atoms with Crippen LogP contribution in [-0.4, -0.2) is 41.3 Å². The summed E-state index contributed by atoms with van der Waals surface area (Å²) in [5, 5.41) is 3.28. The van der Waals surface area contributed by atoms with Crippen molar-refractivity contribution >= 4 is 29.4 Å². The minimum absolute atomic E-state index is 0.0429. The third kappa shape index (κ3) is 4.45. The Bertz CT molecular complexity index is 655. The Kier molecular flexibility index (Phi) is 5.98. The zero-order chi connectivity index (χ0) is 16.8. The Labute approximate surface area is 140 Å². The Morgan fingerprint density at radius 1 is 1.35 bits per heavy atom. The smallest absolute Gasteiger partial charge is 0.240 e. The summed E-state index contributed by atoms with van der Waals surface area (Å²) in [6, 6.07) is 7.31. The number of allylic oxidation sites excluding steroid dienone is 1. The molecule has 2 amide bonds. The number of benzene rings is 1. The lowest BCUT2D eigenvalue weighted by Crippen LogP contribution is -2.37. The Balaban J connectivity index is 2.13. The maximum atomic E-state index is 12.4. The topological polar surface area (TPSA) is 66.5 Å². The van der Waals surface area contributed by atoms with Crippen molar-refractivity contribution in [1.82, 2.24) is 10.2 Å². The summed E-state index contributed by atoms with van der Waals surface area (Å²) in [4.78, 5) is 37.6. The van der Waals surface area contributed by atoms with E-state index in [-0.39, 0.29) is 29.9 Å². The number of carbonyl (C=O) groups is 3. The third-order valence-electron chi connectivity index (χ3n) is 3.45. The molecule has 1 N–H and O–H groups in total. The van der Waals surface area contributed by atoms with Gasteiger partial charge in [0.15, 0.2) is 5.78 Å². The number of carbonyl (C=O) groups excluding carboxylic acids is 3. The average Bonchev–Trinajstić information content (AvgIpc) is 2.86. The molecular weight excluding hydrogens is 312 g/mol. The van der Waals surface area contributed by atoms with Gasteiger partial charge in [-0.2, -0.15) is 0 Å². The lowest BCUT2D eigenvalue weighted by molar-refractivity contribution is -0.131. The van der Waals surface area contributed by atoms with Crippen LogP contribution in [0.2, 0.25) is 0 Å². The van der Waals surface area contributed by atoms with Gasteiger partial charge in [-0.1, -0.05) is 43.0 Å². The molecule has 1 fully saturated rings. The zero-order valence-electron chi connectivity index (χ0n) is 13.3. The van der Waals surface area contributed by atoms with Gasteiger partial charge in [0.05, 0.1) is 10.8 Å². The molecule has 6 heteroatoms. The maximum Gasteiger partial charge on any atom is 0.240 e. The van der Waals surface area contributed by atoms with Gasteiger partial charge in [-0.3, -0.25) is 19.3 Å². The quantitative estimate of drug-likeness (QED) is 0.640. The molecule has 0 aliphatic carbocycles. The van der Waals surface area contributed by atoms with Gasteiger partial charge in [0.2, 0.25) is 11.8 Å². The van der Waals surface area contributed by atoms with Gasteiger partial charge in [0.25, 0.3) is 0 Å². The number of rotatable bonds is 6. The van der Waals surface area contributed by atoms with E-state index in [1.165, 1.54) is 22.7 Å². The molecule has 0 atom stereocenters. The summed E-state index contributed by atoms with van der Waals surface area (Å²) < 4.78 is 0. The van der Waals surface area contributed by atoms with Gasteiger partial charge < -0.3 is 5.32 Å². The number of ketones is 1. The molecule has 0 unspecified atom stereocenters. The molecular formula is C17H20N2O3S. The van der Waals surface area contributed by atoms with E-state index in [1.807, 2.05) is 32.0 Å². The van der Waals surface area contributed by atoms with Crippen molar-refractivity contribution in [2.24, 2.45) is 0 Å². The second kappa shape index (κ2) is 7.97. The van der Waals surface area contributed by atoms with E-state index in [0.717, 1.165) is 12.0 Å². The summed E-state index contributed by atoms with van der Waals surface area (Å²) in [6.07, 6.45) is 2.29. The molecule has 122 valence electrons. The molecule has 1 heterocycles. The first-order valence-electron chi connectivity index (χ1n) is 7.54. The molecule has 1 aliphatic rings. The van der Waals surface area contributed by atoms with Crippen LogP contribution in [-0.2, 0) is 9.59 Å². The fourth-order valence-corrected chi connectivity index (χ4v) is 3.14. The number of amides is 2. The lowest BCUT2D eigenvalue weighted by atomic mass is 10.1. The molecule has 1 aromatic carbocycles. The van der Waals surface area contributed by atoms with Crippen molar-refractivity contribution in [3.63, 3.8) is 0 Å². The number of nitrogens with one attached hydrogen (secondary N) is 1. The molecule has 0 bridgehead atoms. The molecule has 1 aromatic rings. The molecule has 23 heavy (non-hydrogen) atoms. The van der Waals surface area contributed by atoms with Crippen LogP contribution in [0.4, 0.5) is 0 Å². The normalized spacial score (nSPS) is 16.0. The van der Waals surface area contributed by atoms with E-state index in [4.69, 9.17) is 0 Å². The molecule has 0 saturated carbocycles. The fourth-order valence-electron chi connectivity index (χ4n) is 2.20. The Hall–Kier alpha value is -2.08. The molecule has 1 aliphatic heterocycles. The summed E-state index contributed by atoms with van der Waals surface area (Å²) in [7, 11) is 0. The molecule has 0 radical (unpaired) electrons. The largest absolute Gasteiger partial charge is 0.355 e. The first-order valence-corrected chi connectivity index (χ1v) is 8.53. The SMILES string of the molecule is CCCNC(=O)CN1C(=O)CS/C1=C\C(=O)c1ccccc1C. The lowest BCUT2D eigenvalue weighted by Gasteiger charge is -2.16. The van der Waals surface area contributed by atoms with E-state index in [0.29, 0.717) is 17.1 Å². The summed E-state index contributed by atoms with van der Waals surface area (Å²) in [6.45, 7) is 4.37. The number of hydrogen-bond acceptors (Lipinski definition) is 4. The maximum absolute atomic E-state index is 12.4. The summed E-state index contributed by atoms with van der Waals surface area (Å²) >= 11 is 1.29. The molecule has 2 rings (SSSR count). The monoisotopic (exact) mass is 332 g/mol. The second-order valence-electron chi connectivity index (χ2n) is 5.28. The van der Waals surface area contributed by atoms with Crippen LogP contribution >= 0.6 is 11.8 Å². The first-order chi connectivity index (χ1) is 11.0. The van der Waals surface area contributed by atoms with Gasteiger partial charge >= 0.3 is 0 Å². The van der Waals surface area contributed by atoms with Crippen LogP contribution in [0.15, 0.2) is 35.4 Å². The van der Waals surface area contributed by atoms with Gasteiger partial charge in [-0.05, 0) is 18.9 Å². The molecule has 0 spiro atoms. The molecule has 5 nitrogen and oxygen atoms in total. The van der Waals surface area contributed by atoms with Crippen molar-refractivity contribution in [2.75, 3.05) is 18.8 Å². The highest BCUT2D eigenvalue weighted by molar-refractivity contribution is 8.04. The minimum Gasteiger partial charge on any atom is -0.355 e. The van der Waals surface area contributed by atoms with E-state index >= 15 is 0 Å². The van der Waals surface area contributed by atoms with Crippen LogP contribution in [0.3, 0.4) is 0 Å². The van der Waals surface area contributed by atoms with Crippen molar-refractivity contribution in [3.05, 3.63) is 46.5 Å². The third-order valence-corrected chi connectivity index (χ3v) is 4.47. The van der Waals surface area contributed by atoms with Gasteiger partial charge in [-0.15, -0.1) is 0 Å². The second-order valence-corrected chi connectivity index (χ2v) is 6.28. The van der Waals surface area contributed by atoms with Gasteiger partial charge in [0.1, 0.15) is 6.54 Å². The van der Waals surface area contributed by atoms with Crippen molar-refractivity contribution in [3.8, 4) is 0 Å². The number of nitrogens with zero attached hydrogens (tertiary/aromatic N) is 1. The van der Waals surface area contributed by atoms with E-state index in [9.17, 15) is 14.4 Å². The standard InChI is InChI=1S/C17H20N2O3S/c1-3-8-18-15(21)10-19-16(22)11-23-17(19)9-14(20)13-7-5-4-6-12(13)2/h4-7,9H,3,8,10-11H2,1-2H3,(H,18,21)/b17-9-. The van der Waals surface area contributed by atoms with E-state index < -0.39 is 0 Å². The van der Waals surface area contributed by atoms with E-state index in [2.05, 4.69) is 5.32 Å². The van der Waals surface area contributed by atoms with Gasteiger partial charge in [0, 0.05) is 18.2 Å². The van der Waals surface area contributed by atoms with Crippen LogP contribution in [0.5, 0.6) is 0 Å². The highest BCUT2D eigenvalue weighted by Gasteiger charge is 2.29. The van der Waals surface area contributed by atoms with Gasteiger partial charge in [-0.25, -0.2) is 0 Å². The van der Waals surface area contributed by atoms with Crippen LogP contribution < -0.4 is 5.32 Å². The predicted molar refractivity (Wildman–Crippen MR) is 91.1 cm³/mol. The highest BCUT2D eigenvalue weighted by atomic mass is 32.2. The Morgan fingerprint density at radius 3 is 2.78 bits per heavy atom. The van der Waals surface area contributed by atoms with Crippen molar-refractivity contribution < 1.29 is 14.4 Å². The first kappa shape index (κ1) is 17.3. The van der Waals surface area contributed by atoms with Crippen LogP contribution in [0, 0.1) is 6.92 Å². The predicted octanol–water partition coefficient (Wildman–Crippen LogP) is 2.12. The number of aryl methyl sites for hydroxylation is 1. The zero-order valence-corrected chi connectivity index (χ0v) is 14.1.